The SMILES string of the molecule is CNC[C@H](CC1CCCCC1)NC(=O)N1CCC[C@@H]([C@@](O)(CCCNC(C)=O)c2cccc(F)c2F)C1. The fraction of sp³-hybridized carbons (Fsp3) is 0.714. The van der Waals surface area contributed by atoms with Gasteiger partial charge >= 0.3 is 6.03 Å². The molecule has 208 valence electrons. The molecule has 9 heteroatoms. The number of nitrogens with zero attached hydrogens (tertiary/aromatic N) is 1. The number of hydrogen-bond acceptors (Lipinski definition) is 4. The minimum Gasteiger partial charge on any atom is -0.385 e. The molecule has 1 heterocycles. The first-order valence-corrected chi connectivity index (χ1v) is 13.9. The Balaban J connectivity index is 1.72. The van der Waals surface area contributed by atoms with Gasteiger partial charge in [-0.3, -0.25) is 4.79 Å². The van der Waals surface area contributed by atoms with Crippen molar-refractivity contribution < 1.29 is 23.5 Å². The Morgan fingerprint density at radius 3 is 2.62 bits per heavy atom. The predicted octanol–water partition coefficient (Wildman–Crippen LogP) is 4.05. The quantitative estimate of drug-likeness (QED) is 0.330. The summed E-state index contributed by atoms with van der Waals surface area (Å²) >= 11 is 0. The number of carbonyl (C=O) groups is 2. The molecule has 2 fully saturated rings. The Labute approximate surface area is 219 Å². The Kier molecular flexibility index (Phi) is 11.1. The Morgan fingerprint density at radius 2 is 1.92 bits per heavy atom. The number of piperidine rings is 1. The highest BCUT2D eigenvalue weighted by atomic mass is 19.2. The van der Waals surface area contributed by atoms with E-state index in [2.05, 4.69) is 16.0 Å². The molecule has 0 spiro atoms. The maximum Gasteiger partial charge on any atom is 0.317 e. The lowest BCUT2D eigenvalue weighted by Gasteiger charge is -2.43. The summed E-state index contributed by atoms with van der Waals surface area (Å²) in [4.78, 5) is 26.3. The third kappa shape index (κ3) is 8.11. The topological polar surface area (TPSA) is 93.7 Å². The molecule has 7 nitrogen and oxygen atoms in total. The summed E-state index contributed by atoms with van der Waals surface area (Å²) in [7, 11) is 1.88. The summed E-state index contributed by atoms with van der Waals surface area (Å²) < 4.78 is 29.1. The molecule has 3 atom stereocenters. The number of halogens is 2. The van der Waals surface area contributed by atoms with Crippen molar-refractivity contribution in [2.75, 3.05) is 33.2 Å². The van der Waals surface area contributed by atoms with Crippen molar-refractivity contribution in [1.82, 2.24) is 20.9 Å². The van der Waals surface area contributed by atoms with Gasteiger partial charge in [-0.2, -0.15) is 0 Å². The Bertz CT molecular complexity index is 896. The summed E-state index contributed by atoms with van der Waals surface area (Å²) in [6.07, 6.45) is 8.88. The molecule has 37 heavy (non-hydrogen) atoms. The molecule has 0 bridgehead atoms. The minimum atomic E-state index is -1.67. The number of aliphatic hydroxyl groups is 1. The average Bonchev–Trinajstić information content (AvgIpc) is 2.89. The molecule has 0 aromatic heterocycles. The van der Waals surface area contributed by atoms with Gasteiger partial charge in [0.05, 0.1) is 5.60 Å². The summed E-state index contributed by atoms with van der Waals surface area (Å²) in [5.41, 5.74) is -1.76. The number of urea groups is 1. The zero-order valence-electron chi connectivity index (χ0n) is 22.3. The molecule has 4 N–H and O–H groups in total. The number of hydrogen-bond donors (Lipinski definition) is 4. The van der Waals surface area contributed by atoms with Gasteiger partial charge in [0.1, 0.15) is 0 Å². The van der Waals surface area contributed by atoms with Gasteiger partial charge in [-0.1, -0.05) is 44.2 Å². The monoisotopic (exact) mass is 522 g/mol. The molecule has 3 rings (SSSR count). The van der Waals surface area contributed by atoms with E-state index in [1.54, 1.807) is 4.90 Å². The van der Waals surface area contributed by atoms with E-state index in [1.807, 2.05) is 7.05 Å². The van der Waals surface area contributed by atoms with Crippen LogP contribution in [0.3, 0.4) is 0 Å². The number of benzene rings is 1. The van der Waals surface area contributed by atoms with Crippen LogP contribution in [-0.4, -0.2) is 61.2 Å². The molecule has 1 aliphatic heterocycles. The molecule has 1 aromatic rings. The van der Waals surface area contributed by atoms with Crippen LogP contribution in [0.25, 0.3) is 0 Å². The van der Waals surface area contributed by atoms with Crippen LogP contribution in [0.5, 0.6) is 0 Å². The third-order valence-electron chi connectivity index (χ3n) is 8.03. The Hall–Kier alpha value is -2.26. The average molecular weight is 523 g/mol. The van der Waals surface area contributed by atoms with Crippen LogP contribution in [0.15, 0.2) is 18.2 Å². The van der Waals surface area contributed by atoms with E-state index < -0.39 is 23.2 Å². The largest absolute Gasteiger partial charge is 0.385 e. The first kappa shape index (κ1) is 29.3. The molecule has 0 radical (unpaired) electrons. The van der Waals surface area contributed by atoms with Gasteiger partial charge in [-0.15, -0.1) is 0 Å². The van der Waals surface area contributed by atoms with Crippen LogP contribution in [0.1, 0.15) is 76.7 Å². The van der Waals surface area contributed by atoms with Gasteiger partial charge < -0.3 is 26.0 Å². The van der Waals surface area contributed by atoms with Gasteiger partial charge in [-0.05, 0) is 51.1 Å². The molecule has 1 saturated heterocycles. The van der Waals surface area contributed by atoms with Crippen molar-refractivity contribution in [3.05, 3.63) is 35.4 Å². The highest BCUT2D eigenvalue weighted by Gasteiger charge is 2.43. The number of carbonyl (C=O) groups excluding carboxylic acids is 2. The van der Waals surface area contributed by atoms with E-state index in [9.17, 15) is 23.5 Å². The molecule has 1 aromatic carbocycles. The summed E-state index contributed by atoms with van der Waals surface area (Å²) in [5, 5.41) is 20.9. The fourth-order valence-electron chi connectivity index (χ4n) is 6.10. The van der Waals surface area contributed by atoms with E-state index in [1.165, 1.54) is 51.2 Å². The van der Waals surface area contributed by atoms with Crippen molar-refractivity contribution in [3.8, 4) is 0 Å². The maximum atomic E-state index is 14.9. The molecule has 2 aliphatic rings. The van der Waals surface area contributed by atoms with E-state index in [0.29, 0.717) is 44.8 Å². The number of rotatable bonds is 11. The highest BCUT2D eigenvalue weighted by Crippen LogP contribution is 2.41. The van der Waals surface area contributed by atoms with Gasteiger partial charge in [0.2, 0.25) is 5.91 Å². The van der Waals surface area contributed by atoms with Crippen molar-refractivity contribution >= 4 is 11.9 Å². The van der Waals surface area contributed by atoms with Gasteiger partial charge in [0, 0.05) is 50.6 Å². The lowest BCUT2D eigenvalue weighted by molar-refractivity contribution is -0.119. The van der Waals surface area contributed by atoms with E-state index >= 15 is 0 Å². The zero-order valence-corrected chi connectivity index (χ0v) is 22.3. The predicted molar refractivity (Wildman–Crippen MR) is 140 cm³/mol. The van der Waals surface area contributed by atoms with Gasteiger partial charge in [0.15, 0.2) is 11.6 Å². The minimum absolute atomic E-state index is 0.0122. The molecule has 0 unspecified atom stereocenters. The maximum absolute atomic E-state index is 14.9. The molecule has 1 saturated carbocycles. The molecule has 3 amide bonds. The first-order valence-electron chi connectivity index (χ1n) is 13.9. The third-order valence-corrected chi connectivity index (χ3v) is 8.03. The van der Waals surface area contributed by atoms with Gasteiger partial charge in [-0.25, -0.2) is 13.6 Å². The molecule has 1 aliphatic carbocycles. The summed E-state index contributed by atoms with van der Waals surface area (Å²) in [6.45, 7) is 3.20. The Morgan fingerprint density at radius 1 is 1.16 bits per heavy atom. The summed E-state index contributed by atoms with van der Waals surface area (Å²) in [5.74, 6) is -2.12. The first-order chi connectivity index (χ1) is 17.7. The van der Waals surface area contributed by atoms with Crippen LogP contribution in [0, 0.1) is 23.5 Å². The van der Waals surface area contributed by atoms with Crippen molar-refractivity contribution in [1.29, 1.82) is 0 Å². The standard InChI is InChI=1S/C28H44F2N4O3/c1-20(35)32-15-8-14-28(37,24-12-6-13-25(29)26(24)30)22-11-7-16-34(19-22)27(36)33-23(18-31-2)17-21-9-4-3-5-10-21/h6,12-13,21-23,31,37H,3-5,7-11,14-19H2,1-2H3,(H,32,35)(H,33,36)/t22-,23+,28+/m1/s1. The number of likely N-dealkylation sites (tertiary alicyclic amines) is 1. The summed E-state index contributed by atoms with van der Waals surface area (Å²) in [6, 6.07) is 3.68. The second-order valence-electron chi connectivity index (χ2n) is 10.8. The smallest absolute Gasteiger partial charge is 0.317 e. The second-order valence-corrected chi connectivity index (χ2v) is 10.8. The molecular weight excluding hydrogens is 478 g/mol. The van der Waals surface area contributed by atoms with E-state index in [4.69, 9.17) is 0 Å². The normalized spacial score (nSPS) is 21.2. The van der Waals surface area contributed by atoms with Crippen LogP contribution < -0.4 is 16.0 Å². The zero-order chi connectivity index (χ0) is 26.8. The van der Waals surface area contributed by atoms with Crippen LogP contribution in [0.2, 0.25) is 0 Å². The van der Waals surface area contributed by atoms with Crippen LogP contribution >= 0.6 is 0 Å². The van der Waals surface area contributed by atoms with Crippen molar-refractivity contribution in [3.63, 3.8) is 0 Å². The second kappa shape index (κ2) is 14.0. The fourth-order valence-corrected chi connectivity index (χ4v) is 6.10. The number of nitrogens with one attached hydrogen (secondary N) is 3. The number of likely N-dealkylation sites (N-methyl/N-ethyl adjacent to an activating group) is 1. The van der Waals surface area contributed by atoms with Crippen LogP contribution in [-0.2, 0) is 10.4 Å². The van der Waals surface area contributed by atoms with E-state index in [-0.39, 0.29) is 36.5 Å². The lowest BCUT2D eigenvalue weighted by atomic mass is 9.74. The van der Waals surface area contributed by atoms with Crippen molar-refractivity contribution in [2.24, 2.45) is 11.8 Å². The van der Waals surface area contributed by atoms with Crippen LogP contribution in [0.4, 0.5) is 13.6 Å². The van der Waals surface area contributed by atoms with Gasteiger partial charge in [0.25, 0.3) is 0 Å². The number of amides is 3. The lowest BCUT2D eigenvalue weighted by Crippen LogP contribution is -2.54. The van der Waals surface area contributed by atoms with E-state index in [0.717, 1.165) is 12.5 Å². The molecular formula is C28H44F2N4O3. The highest BCUT2D eigenvalue weighted by molar-refractivity contribution is 5.74. The van der Waals surface area contributed by atoms with Crippen molar-refractivity contribution in [2.45, 2.75) is 82.8 Å².